The summed E-state index contributed by atoms with van der Waals surface area (Å²) in [7, 11) is 0. The van der Waals surface area contributed by atoms with Crippen molar-refractivity contribution < 1.29 is 14.7 Å². The van der Waals surface area contributed by atoms with E-state index in [9.17, 15) is 14.7 Å². The molecule has 2 aromatic rings. The maximum absolute atomic E-state index is 12.3. The number of carbonyl (C=O) groups is 2. The van der Waals surface area contributed by atoms with Crippen LogP contribution in [0, 0.1) is 5.92 Å². The van der Waals surface area contributed by atoms with Crippen molar-refractivity contribution in [1.82, 2.24) is 10.3 Å². The maximum atomic E-state index is 12.3. The zero-order chi connectivity index (χ0) is 16.8. The molecule has 0 spiro atoms. The molecule has 0 aliphatic heterocycles. The van der Waals surface area contributed by atoms with E-state index in [-0.39, 0.29) is 5.92 Å². The Morgan fingerprint density at radius 2 is 2.13 bits per heavy atom. The van der Waals surface area contributed by atoms with Crippen LogP contribution >= 0.6 is 11.3 Å². The van der Waals surface area contributed by atoms with Gasteiger partial charge in [-0.15, -0.1) is 11.3 Å². The Morgan fingerprint density at radius 1 is 1.35 bits per heavy atom. The number of hydrogen-bond donors (Lipinski definition) is 3. The summed E-state index contributed by atoms with van der Waals surface area (Å²) in [6.45, 7) is 3.83. The number of aliphatic carboxylic acids is 1. The van der Waals surface area contributed by atoms with Gasteiger partial charge in [0.2, 0.25) is 0 Å². The predicted molar refractivity (Wildman–Crippen MR) is 90.2 cm³/mol. The third-order valence-corrected chi connectivity index (χ3v) is 3.81. The summed E-state index contributed by atoms with van der Waals surface area (Å²) in [6, 6.07) is 5.99. The summed E-state index contributed by atoms with van der Waals surface area (Å²) >= 11 is 1.45. The molecule has 1 aromatic heterocycles. The fourth-order valence-corrected chi connectivity index (χ4v) is 2.63. The van der Waals surface area contributed by atoms with Gasteiger partial charge in [-0.1, -0.05) is 19.9 Å². The molecule has 0 radical (unpaired) electrons. The summed E-state index contributed by atoms with van der Waals surface area (Å²) in [4.78, 5) is 27.6. The quantitative estimate of drug-likeness (QED) is 0.724. The van der Waals surface area contributed by atoms with Crippen molar-refractivity contribution in [2.75, 3.05) is 5.32 Å². The Bertz CT molecular complexity index is 671. The first-order valence-electron chi connectivity index (χ1n) is 7.26. The van der Waals surface area contributed by atoms with Crippen LogP contribution in [-0.2, 0) is 4.79 Å². The number of rotatable bonds is 7. The lowest BCUT2D eigenvalue weighted by Gasteiger charge is -2.16. The van der Waals surface area contributed by atoms with E-state index in [4.69, 9.17) is 0 Å². The molecule has 2 rings (SSSR count). The number of anilines is 2. The molecule has 0 bridgehead atoms. The average molecular weight is 333 g/mol. The second kappa shape index (κ2) is 7.73. The lowest BCUT2D eigenvalue weighted by atomic mass is 10.0. The van der Waals surface area contributed by atoms with Crippen LogP contribution in [0.25, 0.3) is 0 Å². The largest absolute Gasteiger partial charge is 0.480 e. The molecule has 1 heterocycles. The monoisotopic (exact) mass is 333 g/mol. The number of aromatic nitrogens is 1. The molecule has 1 atom stereocenters. The lowest BCUT2D eigenvalue weighted by Crippen LogP contribution is -2.41. The van der Waals surface area contributed by atoms with Gasteiger partial charge in [0.25, 0.3) is 5.91 Å². The zero-order valence-corrected chi connectivity index (χ0v) is 13.8. The predicted octanol–water partition coefficient (Wildman–Crippen LogP) is 3.12. The Labute approximate surface area is 138 Å². The van der Waals surface area contributed by atoms with Gasteiger partial charge < -0.3 is 15.7 Å². The van der Waals surface area contributed by atoms with E-state index < -0.39 is 17.9 Å². The molecular formula is C16H19N3O3S. The molecule has 23 heavy (non-hydrogen) atoms. The molecule has 0 aliphatic carbocycles. The zero-order valence-electron chi connectivity index (χ0n) is 12.9. The minimum atomic E-state index is -1.02. The second-order valence-corrected chi connectivity index (χ2v) is 6.43. The van der Waals surface area contributed by atoms with Gasteiger partial charge in [-0.3, -0.25) is 4.79 Å². The smallest absolute Gasteiger partial charge is 0.326 e. The first-order valence-corrected chi connectivity index (χ1v) is 8.14. The van der Waals surface area contributed by atoms with E-state index in [1.54, 1.807) is 24.4 Å². The molecule has 1 amide bonds. The van der Waals surface area contributed by atoms with Crippen molar-refractivity contribution in [2.24, 2.45) is 5.92 Å². The number of carboxylic acids is 1. The van der Waals surface area contributed by atoms with E-state index in [2.05, 4.69) is 15.6 Å². The Balaban J connectivity index is 2.08. The standard InChI is InChI=1S/C16H19N3O3S/c1-10(2)8-13(15(21)22)19-14(20)11-4-3-5-12(9-11)18-16-17-6-7-23-16/h3-7,9-10,13H,8H2,1-2H3,(H,17,18)(H,19,20)(H,21,22). The fourth-order valence-electron chi connectivity index (χ4n) is 2.08. The topological polar surface area (TPSA) is 91.3 Å². The first kappa shape index (κ1) is 17.0. The van der Waals surface area contributed by atoms with Crippen LogP contribution in [0.4, 0.5) is 10.8 Å². The SMILES string of the molecule is CC(C)CC(NC(=O)c1cccc(Nc2nccs2)c1)C(=O)O. The molecule has 0 aliphatic rings. The van der Waals surface area contributed by atoms with Gasteiger partial charge in [0.15, 0.2) is 5.13 Å². The van der Waals surface area contributed by atoms with Gasteiger partial charge in [-0.2, -0.15) is 0 Å². The maximum Gasteiger partial charge on any atom is 0.326 e. The van der Waals surface area contributed by atoms with Gasteiger partial charge in [-0.25, -0.2) is 9.78 Å². The Kier molecular flexibility index (Phi) is 5.70. The number of amides is 1. The van der Waals surface area contributed by atoms with Crippen LogP contribution in [0.2, 0.25) is 0 Å². The average Bonchev–Trinajstić information content (AvgIpc) is 2.99. The van der Waals surface area contributed by atoms with E-state index in [0.717, 1.165) is 10.8 Å². The number of carbonyl (C=O) groups excluding carboxylic acids is 1. The molecule has 7 heteroatoms. The molecule has 6 nitrogen and oxygen atoms in total. The molecule has 0 saturated carbocycles. The van der Waals surface area contributed by atoms with Crippen molar-refractivity contribution in [1.29, 1.82) is 0 Å². The normalized spacial score (nSPS) is 12.0. The molecule has 1 aromatic carbocycles. The lowest BCUT2D eigenvalue weighted by molar-refractivity contribution is -0.139. The van der Waals surface area contributed by atoms with Crippen molar-refractivity contribution in [3.8, 4) is 0 Å². The van der Waals surface area contributed by atoms with Crippen molar-refractivity contribution in [3.05, 3.63) is 41.4 Å². The van der Waals surface area contributed by atoms with E-state index in [0.29, 0.717) is 12.0 Å². The van der Waals surface area contributed by atoms with Crippen molar-refractivity contribution >= 4 is 34.0 Å². The summed E-state index contributed by atoms with van der Waals surface area (Å²) in [5, 5.41) is 17.5. The number of carboxylic acid groups (broad SMARTS) is 1. The van der Waals surface area contributed by atoms with Crippen molar-refractivity contribution in [3.63, 3.8) is 0 Å². The summed E-state index contributed by atoms with van der Waals surface area (Å²) < 4.78 is 0. The number of benzene rings is 1. The summed E-state index contributed by atoms with van der Waals surface area (Å²) in [5.41, 5.74) is 1.13. The third kappa shape index (κ3) is 5.07. The molecule has 3 N–H and O–H groups in total. The Morgan fingerprint density at radius 3 is 2.74 bits per heavy atom. The van der Waals surface area contributed by atoms with Gasteiger partial charge in [0.1, 0.15) is 6.04 Å². The minimum absolute atomic E-state index is 0.175. The fraction of sp³-hybridized carbons (Fsp3) is 0.312. The summed E-state index contributed by atoms with van der Waals surface area (Å²) in [6.07, 6.45) is 2.07. The van der Waals surface area contributed by atoms with Crippen LogP contribution in [0.5, 0.6) is 0 Å². The first-order chi connectivity index (χ1) is 11.0. The van der Waals surface area contributed by atoms with Gasteiger partial charge in [0, 0.05) is 22.8 Å². The summed E-state index contributed by atoms with van der Waals surface area (Å²) in [5.74, 6) is -1.25. The highest BCUT2D eigenvalue weighted by Crippen LogP contribution is 2.19. The third-order valence-electron chi connectivity index (χ3n) is 3.12. The molecule has 0 fully saturated rings. The number of nitrogens with one attached hydrogen (secondary N) is 2. The van der Waals surface area contributed by atoms with Crippen LogP contribution < -0.4 is 10.6 Å². The van der Waals surface area contributed by atoms with Crippen LogP contribution in [-0.4, -0.2) is 28.0 Å². The van der Waals surface area contributed by atoms with Crippen LogP contribution in [0.3, 0.4) is 0 Å². The second-order valence-electron chi connectivity index (χ2n) is 5.54. The van der Waals surface area contributed by atoms with Crippen LogP contribution in [0.1, 0.15) is 30.6 Å². The van der Waals surface area contributed by atoms with Gasteiger partial charge in [0.05, 0.1) is 0 Å². The molecule has 1 unspecified atom stereocenters. The van der Waals surface area contributed by atoms with E-state index >= 15 is 0 Å². The Hall–Kier alpha value is -2.41. The van der Waals surface area contributed by atoms with Gasteiger partial charge in [-0.05, 0) is 30.5 Å². The van der Waals surface area contributed by atoms with Gasteiger partial charge >= 0.3 is 5.97 Å². The highest BCUT2D eigenvalue weighted by Gasteiger charge is 2.21. The highest BCUT2D eigenvalue weighted by atomic mass is 32.1. The number of thiazole rings is 1. The minimum Gasteiger partial charge on any atom is -0.480 e. The molecule has 122 valence electrons. The number of hydrogen-bond acceptors (Lipinski definition) is 5. The van der Waals surface area contributed by atoms with Crippen LogP contribution in [0.15, 0.2) is 35.8 Å². The highest BCUT2D eigenvalue weighted by molar-refractivity contribution is 7.13. The van der Waals surface area contributed by atoms with E-state index in [1.807, 2.05) is 25.3 Å². The van der Waals surface area contributed by atoms with E-state index in [1.165, 1.54) is 11.3 Å². The molecular weight excluding hydrogens is 314 g/mol. The van der Waals surface area contributed by atoms with Crippen molar-refractivity contribution in [2.45, 2.75) is 26.3 Å². The molecule has 0 saturated heterocycles. The number of nitrogens with zero attached hydrogens (tertiary/aromatic N) is 1.